The molecule has 0 radical (unpaired) electrons. The molecule has 3 aromatic carbocycles. The lowest BCUT2D eigenvalue weighted by Gasteiger charge is -2.09. The van der Waals surface area contributed by atoms with Gasteiger partial charge in [-0.05, 0) is 55.8 Å². The number of aryl methyl sites for hydroxylation is 2. The van der Waals surface area contributed by atoms with Crippen LogP contribution in [0.2, 0.25) is 0 Å². The highest BCUT2D eigenvalue weighted by molar-refractivity contribution is 5.97. The third kappa shape index (κ3) is 3.22. The molecule has 2 N–H and O–H groups in total. The molecule has 30 heavy (non-hydrogen) atoms. The molecular formula is C24H21N5O. The third-order valence-electron chi connectivity index (χ3n) is 5.28. The highest BCUT2D eigenvalue weighted by Gasteiger charge is 2.12. The monoisotopic (exact) mass is 395 g/mol. The fraction of sp³-hybridized carbons (Fsp3) is 0.125. The number of nitrogens with one attached hydrogen (secondary N) is 2. The van der Waals surface area contributed by atoms with Gasteiger partial charge in [-0.2, -0.15) is 0 Å². The zero-order chi connectivity index (χ0) is 20.7. The van der Waals surface area contributed by atoms with E-state index in [0.717, 1.165) is 33.6 Å². The molecule has 6 nitrogen and oxygen atoms in total. The summed E-state index contributed by atoms with van der Waals surface area (Å²) in [6.07, 6.45) is 1.80. The summed E-state index contributed by atoms with van der Waals surface area (Å²) in [5.41, 5.74) is 7.67. The molecule has 0 unspecified atom stereocenters. The number of para-hydroxylation sites is 2. The van der Waals surface area contributed by atoms with Gasteiger partial charge in [-0.25, -0.2) is 9.97 Å². The average molecular weight is 395 g/mol. The molecule has 148 valence electrons. The van der Waals surface area contributed by atoms with Gasteiger partial charge in [0, 0.05) is 5.56 Å². The maximum Gasteiger partial charge on any atom is 0.251 e. The van der Waals surface area contributed by atoms with Gasteiger partial charge in [0.2, 0.25) is 0 Å². The summed E-state index contributed by atoms with van der Waals surface area (Å²) < 4.78 is 2.06. The van der Waals surface area contributed by atoms with E-state index in [0.29, 0.717) is 12.1 Å². The van der Waals surface area contributed by atoms with E-state index in [-0.39, 0.29) is 5.91 Å². The summed E-state index contributed by atoms with van der Waals surface area (Å²) in [4.78, 5) is 24.9. The van der Waals surface area contributed by atoms with E-state index in [9.17, 15) is 4.79 Å². The topological polar surface area (TPSA) is 75.6 Å². The molecule has 0 aliphatic rings. The quantitative estimate of drug-likeness (QED) is 0.472. The van der Waals surface area contributed by atoms with E-state index in [1.165, 1.54) is 11.1 Å². The molecule has 5 rings (SSSR count). The Labute approximate surface area is 173 Å². The number of imidazole rings is 2. The minimum Gasteiger partial charge on any atom is -0.345 e. The van der Waals surface area contributed by atoms with Crippen LogP contribution in [0.3, 0.4) is 0 Å². The number of aromatic amines is 1. The number of aromatic nitrogens is 4. The Bertz CT molecular complexity index is 1360. The first-order valence-corrected chi connectivity index (χ1v) is 9.85. The van der Waals surface area contributed by atoms with Crippen molar-refractivity contribution in [1.29, 1.82) is 0 Å². The second kappa shape index (κ2) is 7.15. The van der Waals surface area contributed by atoms with Crippen molar-refractivity contribution in [2.45, 2.75) is 20.4 Å². The molecule has 2 heterocycles. The zero-order valence-corrected chi connectivity index (χ0v) is 16.8. The van der Waals surface area contributed by atoms with E-state index in [1.807, 2.05) is 42.5 Å². The number of H-pyrrole nitrogens is 1. The molecule has 0 atom stereocenters. The van der Waals surface area contributed by atoms with Crippen LogP contribution in [0, 0.1) is 13.8 Å². The molecule has 0 saturated carbocycles. The van der Waals surface area contributed by atoms with Gasteiger partial charge >= 0.3 is 0 Å². The zero-order valence-electron chi connectivity index (χ0n) is 16.8. The lowest BCUT2D eigenvalue weighted by atomic mass is 10.1. The van der Waals surface area contributed by atoms with Crippen molar-refractivity contribution in [1.82, 2.24) is 24.8 Å². The van der Waals surface area contributed by atoms with Crippen molar-refractivity contribution < 1.29 is 4.79 Å². The smallest absolute Gasteiger partial charge is 0.251 e. The molecule has 2 aromatic heterocycles. The highest BCUT2D eigenvalue weighted by atomic mass is 16.1. The van der Waals surface area contributed by atoms with E-state index < -0.39 is 0 Å². The number of amides is 1. The van der Waals surface area contributed by atoms with Crippen LogP contribution in [0.25, 0.3) is 27.8 Å². The molecule has 5 aromatic rings. The molecule has 0 aliphatic heterocycles. The van der Waals surface area contributed by atoms with Crippen molar-refractivity contribution in [3.05, 3.63) is 89.5 Å². The Morgan fingerprint density at radius 1 is 1.03 bits per heavy atom. The predicted octanol–water partition coefficient (Wildman–Crippen LogP) is 4.45. The Morgan fingerprint density at radius 2 is 1.90 bits per heavy atom. The fourth-order valence-corrected chi connectivity index (χ4v) is 3.78. The predicted molar refractivity (Wildman–Crippen MR) is 118 cm³/mol. The second-order valence-electron chi connectivity index (χ2n) is 7.49. The normalized spacial score (nSPS) is 11.3. The Hall–Kier alpha value is -3.93. The van der Waals surface area contributed by atoms with Crippen molar-refractivity contribution in [3.63, 3.8) is 0 Å². The van der Waals surface area contributed by atoms with Crippen LogP contribution in [0.4, 0.5) is 0 Å². The molecule has 0 spiro atoms. The number of hydrogen-bond acceptors (Lipinski definition) is 3. The number of carbonyl (C=O) groups excluding carboxylic acids is 1. The van der Waals surface area contributed by atoms with E-state index in [2.05, 4.69) is 56.9 Å². The van der Waals surface area contributed by atoms with Gasteiger partial charge in [-0.3, -0.25) is 9.36 Å². The number of nitrogens with zero attached hydrogens (tertiary/aromatic N) is 3. The van der Waals surface area contributed by atoms with Crippen LogP contribution in [-0.4, -0.2) is 25.4 Å². The summed E-state index contributed by atoms with van der Waals surface area (Å²) in [7, 11) is 0. The maximum atomic E-state index is 12.7. The van der Waals surface area contributed by atoms with Crippen molar-refractivity contribution >= 4 is 28.0 Å². The van der Waals surface area contributed by atoms with Gasteiger partial charge in [0.15, 0.2) is 0 Å². The maximum absolute atomic E-state index is 12.7. The lowest BCUT2D eigenvalue weighted by molar-refractivity contribution is 0.0950. The van der Waals surface area contributed by atoms with Crippen LogP contribution in [-0.2, 0) is 6.54 Å². The van der Waals surface area contributed by atoms with Gasteiger partial charge in [0.25, 0.3) is 5.91 Å². The molecular weight excluding hydrogens is 374 g/mol. The van der Waals surface area contributed by atoms with E-state index in [4.69, 9.17) is 0 Å². The minimum atomic E-state index is -0.154. The number of carbonyl (C=O) groups is 1. The SMILES string of the molecule is Cc1ccc(-n2cnc3cc(C(=O)NCc4nc5ccccc5[nH]4)ccc32)c(C)c1. The Balaban J connectivity index is 1.37. The summed E-state index contributed by atoms with van der Waals surface area (Å²) in [5.74, 6) is 0.572. The van der Waals surface area contributed by atoms with E-state index >= 15 is 0 Å². The fourth-order valence-electron chi connectivity index (χ4n) is 3.78. The molecule has 6 heteroatoms. The molecule has 0 aliphatic carbocycles. The van der Waals surface area contributed by atoms with Crippen molar-refractivity contribution in [3.8, 4) is 5.69 Å². The Morgan fingerprint density at radius 3 is 2.73 bits per heavy atom. The van der Waals surface area contributed by atoms with E-state index in [1.54, 1.807) is 6.33 Å². The van der Waals surface area contributed by atoms with Crippen LogP contribution in [0.1, 0.15) is 27.3 Å². The van der Waals surface area contributed by atoms with Crippen LogP contribution < -0.4 is 5.32 Å². The van der Waals surface area contributed by atoms with Crippen LogP contribution in [0.5, 0.6) is 0 Å². The minimum absolute atomic E-state index is 0.154. The van der Waals surface area contributed by atoms with Crippen molar-refractivity contribution in [2.24, 2.45) is 0 Å². The van der Waals surface area contributed by atoms with Gasteiger partial charge in [-0.15, -0.1) is 0 Å². The summed E-state index contributed by atoms with van der Waals surface area (Å²) in [6, 6.07) is 19.7. The summed E-state index contributed by atoms with van der Waals surface area (Å²) in [6.45, 7) is 4.51. The van der Waals surface area contributed by atoms with Gasteiger partial charge in [0.05, 0.1) is 34.3 Å². The number of fused-ring (bicyclic) bond motifs is 2. The Kier molecular flexibility index (Phi) is 4.32. The van der Waals surface area contributed by atoms with Crippen LogP contribution >= 0.6 is 0 Å². The second-order valence-corrected chi connectivity index (χ2v) is 7.49. The van der Waals surface area contributed by atoms with Crippen LogP contribution in [0.15, 0.2) is 67.0 Å². The molecule has 0 saturated heterocycles. The van der Waals surface area contributed by atoms with Gasteiger partial charge in [-0.1, -0.05) is 29.8 Å². The number of benzene rings is 3. The molecule has 1 amide bonds. The number of hydrogen-bond donors (Lipinski definition) is 2. The van der Waals surface area contributed by atoms with Gasteiger partial charge in [0.1, 0.15) is 12.2 Å². The largest absolute Gasteiger partial charge is 0.345 e. The molecule has 0 bridgehead atoms. The average Bonchev–Trinajstić information content (AvgIpc) is 3.35. The summed E-state index contributed by atoms with van der Waals surface area (Å²) >= 11 is 0. The number of rotatable bonds is 4. The first-order chi connectivity index (χ1) is 14.6. The standard InChI is InChI=1S/C24H21N5O/c1-15-7-9-21(16(2)11-15)29-14-26-20-12-17(8-10-22(20)29)24(30)25-13-23-27-18-5-3-4-6-19(18)28-23/h3-12,14H,13H2,1-2H3,(H,25,30)(H,27,28). The summed E-state index contributed by atoms with van der Waals surface area (Å²) in [5, 5.41) is 2.93. The first-order valence-electron chi connectivity index (χ1n) is 9.85. The lowest BCUT2D eigenvalue weighted by Crippen LogP contribution is -2.23. The van der Waals surface area contributed by atoms with Crippen molar-refractivity contribution in [2.75, 3.05) is 0 Å². The van der Waals surface area contributed by atoms with Gasteiger partial charge < -0.3 is 10.3 Å². The first kappa shape index (κ1) is 18.1. The molecule has 0 fully saturated rings. The highest BCUT2D eigenvalue weighted by Crippen LogP contribution is 2.22. The third-order valence-corrected chi connectivity index (χ3v) is 5.28.